The number of hydrogen-bond acceptors (Lipinski definition) is 4. The summed E-state index contributed by atoms with van der Waals surface area (Å²) in [6, 6.07) is 11.5. The van der Waals surface area contributed by atoms with Gasteiger partial charge >= 0.3 is 0 Å². The van der Waals surface area contributed by atoms with Crippen LogP contribution in [0.3, 0.4) is 0 Å². The molecule has 0 radical (unpaired) electrons. The number of rotatable bonds is 2. The third-order valence-electron chi connectivity index (χ3n) is 3.18. The molecule has 1 aromatic heterocycles. The van der Waals surface area contributed by atoms with Crippen molar-refractivity contribution in [3.8, 4) is 0 Å². The second kappa shape index (κ2) is 5.42. The van der Waals surface area contributed by atoms with Crippen LogP contribution in [0.4, 0.5) is 5.69 Å². The molecule has 2 heterocycles. The van der Waals surface area contributed by atoms with Crippen molar-refractivity contribution in [1.82, 2.24) is 4.98 Å². The van der Waals surface area contributed by atoms with E-state index in [0.29, 0.717) is 17.5 Å². The Hall–Kier alpha value is -1.59. The highest BCUT2D eigenvalue weighted by Crippen LogP contribution is 2.31. The van der Waals surface area contributed by atoms with Crippen LogP contribution < -0.4 is 10.6 Å². The molecule has 102 valence electrons. The van der Waals surface area contributed by atoms with Gasteiger partial charge in [0.1, 0.15) is 0 Å². The van der Waals surface area contributed by atoms with Crippen LogP contribution in [0, 0.1) is 0 Å². The van der Waals surface area contributed by atoms with E-state index in [0.717, 1.165) is 15.9 Å². The molecule has 2 aromatic rings. The standard InChI is InChI=1S/C14H12BrClN4/c15-9-1-6-12(18-7-9)13-8-19-14(17)20(13)11-4-2-10(16)3-5-11/h1-7,13H,8H2,(H2,17,19). The maximum atomic E-state index is 6.01. The normalized spacial score (nSPS) is 18.2. The molecule has 0 aliphatic carbocycles. The number of benzene rings is 1. The molecule has 1 aromatic carbocycles. The van der Waals surface area contributed by atoms with Crippen LogP contribution in [0.1, 0.15) is 11.7 Å². The average molecular weight is 352 g/mol. The van der Waals surface area contributed by atoms with Gasteiger partial charge in [-0.1, -0.05) is 11.6 Å². The molecule has 0 saturated carbocycles. The molecule has 0 spiro atoms. The van der Waals surface area contributed by atoms with Crippen molar-refractivity contribution in [2.24, 2.45) is 10.7 Å². The highest BCUT2D eigenvalue weighted by atomic mass is 79.9. The minimum atomic E-state index is 0.0178. The number of aliphatic imine (C=N–C) groups is 1. The molecule has 0 fully saturated rings. The number of nitrogens with two attached hydrogens (primary N) is 1. The number of anilines is 1. The molecule has 1 unspecified atom stereocenters. The first-order valence-corrected chi connectivity index (χ1v) is 7.28. The molecule has 20 heavy (non-hydrogen) atoms. The summed E-state index contributed by atoms with van der Waals surface area (Å²) in [5.74, 6) is 0.502. The number of hydrogen-bond donors (Lipinski definition) is 1. The summed E-state index contributed by atoms with van der Waals surface area (Å²) in [5.41, 5.74) is 7.91. The Morgan fingerprint density at radius 3 is 2.60 bits per heavy atom. The van der Waals surface area contributed by atoms with Gasteiger partial charge in [-0.05, 0) is 52.3 Å². The van der Waals surface area contributed by atoms with Crippen LogP contribution in [0.15, 0.2) is 52.1 Å². The Kier molecular flexibility index (Phi) is 3.63. The first kappa shape index (κ1) is 13.4. The monoisotopic (exact) mass is 350 g/mol. The van der Waals surface area contributed by atoms with Gasteiger partial charge in [-0.2, -0.15) is 0 Å². The number of guanidine groups is 1. The predicted octanol–water partition coefficient (Wildman–Crippen LogP) is 3.37. The molecule has 0 amide bonds. The van der Waals surface area contributed by atoms with E-state index in [2.05, 4.69) is 25.9 Å². The number of nitrogens with zero attached hydrogens (tertiary/aromatic N) is 3. The molecule has 2 N–H and O–H groups in total. The lowest BCUT2D eigenvalue weighted by Gasteiger charge is -2.26. The van der Waals surface area contributed by atoms with Crippen molar-refractivity contribution in [3.05, 3.63) is 57.8 Å². The van der Waals surface area contributed by atoms with Crippen LogP contribution >= 0.6 is 27.5 Å². The van der Waals surface area contributed by atoms with E-state index >= 15 is 0 Å². The maximum absolute atomic E-state index is 6.01. The molecule has 1 aliphatic rings. The summed E-state index contributed by atoms with van der Waals surface area (Å²) in [6.07, 6.45) is 1.78. The van der Waals surface area contributed by atoms with Crippen molar-refractivity contribution in [2.45, 2.75) is 6.04 Å². The lowest BCUT2D eigenvalue weighted by molar-refractivity contribution is 0.739. The Morgan fingerprint density at radius 1 is 1.20 bits per heavy atom. The van der Waals surface area contributed by atoms with Crippen molar-refractivity contribution in [3.63, 3.8) is 0 Å². The highest BCUT2D eigenvalue weighted by Gasteiger charge is 2.29. The van der Waals surface area contributed by atoms with Crippen LogP contribution in [-0.2, 0) is 0 Å². The van der Waals surface area contributed by atoms with Crippen LogP contribution in [0.2, 0.25) is 5.02 Å². The van der Waals surface area contributed by atoms with Gasteiger partial charge in [-0.25, -0.2) is 0 Å². The third-order valence-corrected chi connectivity index (χ3v) is 3.90. The number of halogens is 2. The van der Waals surface area contributed by atoms with Gasteiger partial charge in [0.05, 0.1) is 18.3 Å². The van der Waals surface area contributed by atoms with Crippen molar-refractivity contribution in [2.75, 3.05) is 11.4 Å². The quantitative estimate of drug-likeness (QED) is 0.902. The Labute approximate surface area is 130 Å². The minimum absolute atomic E-state index is 0.0178. The zero-order valence-corrected chi connectivity index (χ0v) is 12.8. The van der Waals surface area contributed by atoms with Gasteiger partial charge in [0.15, 0.2) is 5.96 Å². The zero-order chi connectivity index (χ0) is 14.1. The van der Waals surface area contributed by atoms with E-state index in [1.165, 1.54) is 0 Å². The smallest absolute Gasteiger partial charge is 0.196 e. The Morgan fingerprint density at radius 2 is 1.95 bits per heavy atom. The first-order chi connectivity index (χ1) is 9.65. The van der Waals surface area contributed by atoms with Crippen LogP contribution in [0.5, 0.6) is 0 Å². The lowest BCUT2D eigenvalue weighted by atomic mass is 10.1. The molecule has 6 heteroatoms. The average Bonchev–Trinajstić information content (AvgIpc) is 2.83. The Bertz CT molecular complexity index is 639. The summed E-state index contributed by atoms with van der Waals surface area (Å²) < 4.78 is 0.950. The van der Waals surface area contributed by atoms with Gasteiger partial charge in [-0.3, -0.25) is 9.98 Å². The van der Waals surface area contributed by atoms with Crippen molar-refractivity contribution in [1.29, 1.82) is 0 Å². The SMILES string of the molecule is NC1=NCC(c2ccc(Br)cn2)N1c1ccc(Cl)cc1. The van der Waals surface area contributed by atoms with Crippen LogP contribution in [0.25, 0.3) is 0 Å². The highest BCUT2D eigenvalue weighted by molar-refractivity contribution is 9.10. The fourth-order valence-corrected chi connectivity index (χ4v) is 2.58. The first-order valence-electron chi connectivity index (χ1n) is 6.11. The van der Waals surface area contributed by atoms with E-state index in [1.54, 1.807) is 6.20 Å². The van der Waals surface area contributed by atoms with E-state index in [1.807, 2.05) is 41.3 Å². The van der Waals surface area contributed by atoms with Gasteiger partial charge < -0.3 is 10.6 Å². The zero-order valence-electron chi connectivity index (χ0n) is 10.5. The molecule has 0 bridgehead atoms. The van der Waals surface area contributed by atoms with Gasteiger partial charge in [-0.15, -0.1) is 0 Å². The van der Waals surface area contributed by atoms with E-state index in [4.69, 9.17) is 17.3 Å². The second-order valence-corrected chi connectivity index (χ2v) is 5.81. The predicted molar refractivity (Wildman–Crippen MR) is 85.1 cm³/mol. The van der Waals surface area contributed by atoms with E-state index in [9.17, 15) is 0 Å². The number of aromatic nitrogens is 1. The summed E-state index contributed by atoms with van der Waals surface area (Å²) in [6.45, 7) is 0.600. The minimum Gasteiger partial charge on any atom is -0.369 e. The summed E-state index contributed by atoms with van der Waals surface area (Å²) in [5, 5.41) is 0.696. The molecule has 4 nitrogen and oxygen atoms in total. The van der Waals surface area contributed by atoms with Crippen molar-refractivity contribution < 1.29 is 0 Å². The topological polar surface area (TPSA) is 54.5 Å². The van der Waals surface area contributed by atoms with Gasteiger partial charge in [0.25, 0.3) is 0 Å². The van der Waals surface area contributed by atoms with E-state index < -0.39 is 0 Å². The molecular formula is C14H12BrClN4. The number of pyridine rings is 1. The van der Waals surface area contributed by atoms with E-state index in [-0.39, 0.29) is 6.04 Å². The molecule has 1 aliphatic heterocycles. The lowest BCUT2D eigenvalue weighted by Crippen LogP contribution is -2.36. The molecular weight excluding hydrogens is 340 g/mol. The molecule has 1 atom stereocenters. The summed E-state index contributed by atoms with van der Waals surface area (Å²) in [7, 11) is 0. The fraction of sp³-hybridized carbons (Fsp3) is 0.143. The molecule has 0 saturated heterocycles. The van der Waals surface area contributed by atoms with Crippen LogP contribution in [-0.4, -0.2) is 17.5 Å². The summed E-state index contributed by atoms with van der Waals surface area (Å²) in [4.78, 5) is 10.8. The fourth-order valence-electron chi connectivity index (χ4n) is 2.22. The van der Waals surface area contributed by atoms with Gasteiger partial charge in [0, 0.05) is 21.4 Å². The summed E-state index contributed by atoms with van der Waals surface area (Å²) >= 11 is 9.32. The van der Waals surface area contributed by atoms with Crippen molar-refractivity contribution >= 4 is 39.2 Å². The maximum Gasteiger partial charge on any atom is 0.196 e. The van der Waals surface area contributed by atoms with Gasteiger partial charge in [0.2, 0.25) is 0 Å². The second-order valence-electron chi connectivity index (χ2n) is 4.46. The largest absolute Gasteiger partial charge is 0.369 e. The molecule has 3 rings (SSSR count). The third kappa shape index (κ3) is 2.51. The Balaban J connectivity index is 1.96.